The van der Waals surface area contributed by atoms with Crippen molar-refractivity contribution in [2.45, 2.75) is 31.1 Å². The Labute approximate surface area is 133 Å². The number of aromatic nitrogens is 2. The van der Waals surface area contributed by atoms with Crippen LogP contribution < -0.4 is 10.2 Å². The Kier molecular flexibility index (Phi) is 5.66. The third-order valence-corrected chi connectivity index (χ3v) is 3.74. The number of hydrogen-bond donors (Lipinski definition) is 1. The molecule has 21 heavy (non-hydrogen) atoms. The molecule has 1 aliphatic rings. The molecule has 1 aromatic rings. The van der Waals surface area contributed by atoms with Crippen molar-refractivity contribution in [1.29, 1.82) is 0 Å². The fourth-order valence-corrected chi connectivity index (χ4v) is 2.70. The second kappa shape index (κ2) is 7.29. The number of morpholine rings is 1. The summed E-state index contributed by atoms with van der Waals surface area (Å²) in [5.41, 5.74) is 0. The number of ether oxygens (including phenoxy) is 1. The van der Waals surface area contributed by atoms with E-state index < -0.39 is 6.04 Å². The van der Waals surface area contributed by atoms with E-state index in [1.54, 1.807) is 6.07 Å². The lowest BCUT2D eigenvalue weighted by molar-refractivity contribution is -0.125. The van der Waals surface area contributed by atoms with Crippen molar-refractivity contribution < 1.29 is 9.53 Å². The largest absolute Gasteiger partial charge is 0.377 e. The van der Waals surface area contributed by atoms with Crippen LogP contribution >= 0.6 is 23.4 Å². The van der Waals surface area contributed by atoms with E-state index in [-0.39, 0.29) is 11.9 Å². The van der Waals surface area contributed by atoms with Gasteiger partial charge in [-0.1, -0.05) is 23.4 Å². The fraction of sp³-hybridized carbons (Fsp3) is 0.615. The van der Waals surface area contributed by atoms with E-state index in [1.807, 2.05) is 25.0 Å². The van der Waals surface area contributed by atoms with Gasteiger partial charge in [-0.25, -0.2) is 9.97 Å². The van der Waals surface area contributed by atoms with Crippen molar-refractivity contribution >= 4 is 35.1 Å². The molecule has 1 saturated heterocycles. The second-order valence-electron chi connectivity index (χ2n) is 4.98. The third kappa shape index (κ3) is 4.21. The van der Waals surface area contributed by atoms with E-state index >= 15 is 0 Å². The van der Waals surface area contributed by atoms with Crippen LogP contribution in [-0.2, 0) is 9.53 Å². The highest BCUT2D eigenvalue weighted by Gasteiger charge is 2.31. The number of carbonyl (C=O) groups is 1. The number of nitrogens with one attached hydrogen (secondary N) is 1. The molecule has 1 unspecified atom stereocenters. The summed E-state index contributed by atoms with van der Waals surface area (Å²) >= 11 is 7.45. The minimum Gasteiger partial charge on any atom is -0.377 e. The molecule has 0 aromatic carbocycles. The van der Waals surface area contributed by atoms with Gasteiger partial charge in [0, 0.05) is 18.7 Å². The molecule has 1 amide bonds. The first-order valence-corrected chi connectivity index (χ1v) is 8.35. The van der Waals surface area contributed by atoms with Crippen molar-refractivity contribution in [3.8, 4) is 0 Å². The van der Waals surface area contributed by atoms with Gasteiger partial charge in [0.2, 0.25) is 5.91 Å². The van der Waals surface area contributed by atoms with Crippen molar-refractivity contribution in [3.05, 3.63) is 11.2 Å². The van der Waals surface area contributed by atoms with Crippen molar-refractivity contribution in [2.75, 3.05) is 30.9 Å². The standard InChI is InChI=1S/C13H19ClN4O2S/c1-8(2)15-12(19)9-7-20-5-4-18(9)11-6-10(14)16-13(17-11)21-3/h6,8-9H,4-5,7H2,1-3H3,(H,15,19). The van der Waals surface area contributed by atoms with Crippen molar-refractivity contribution in [1.82, 2.24) is 15.3 Å². The first-order chi connectivity index (χ1) is 10.0. The number of hydrogen-bond acceptors (Lipinski definition) is 6. The number of anilines is 1. The zero-order valence-corrected chi connectivity index (χ0v) is 13.9. The molecule has 0 aliphatic carbocycles. The maximum Gasteiger partial charge on any atom is 0.245 e. The highest BCUT2D eigenvalue weighted by Crippen LogP contribution is 2.23. The molecule has 0 radical (unpaired) electrons. The zero-order valence-electron chi connectivity index (χ0n) is 12.3. The van der Waals surface area contributed by atoms with Crippen LogP contribution in [0.3, 0.4) is 0 Å². The van der Waals surface area contributed by atoms with Gasteiger partial charge >= 0.3 is 0 Å². The summed E-state index contributed by atoms with van der Waals surface area (Å²) in [6.45, 7) is 5.35. The van der Waals surface area contributed by atoms with Gasteiger partial charge in [-0.05, 0) is 20.1 Å². The van der Waals surface area contributed by atoms with Crippen LogP contribution in [0.2, 0.25) is 5.15 Å². The molecular weight excluding hydrogens is 312 g/mol. The molecule has 1 atom stereocenters. The molecule has 2 rings (SSSR count). The Morgan fingerprint density at radius 3 is 3.00 bits per heavy atom. The Morgan fingerprint density at radius 2 is 2.33 bits per heavy atom. The summed E-state index contributed by atoms with van der Waals surface area (Å²) in [5.74, 6) is 0.594. The van der Waals surface area contributed by atoms with Crippen molar-refractivity contribution in [3.63, 3.8) is 0 Å². The predicted molar refractivity (Wildman–Crippen MR) is 84.1 cm³/mol. The Bertz CT molecular complexity index is 515. The number of amides is 1. The summed E-state index contributed by atoms with van der Waals surface area (Å²) in [6, 6.07) is 1.36. The average molecular weight is 331 g/mol. The molecular formula is C13H19ClN4O2S. The topological polar surface area (TPSA) is 67.4 Å². The lowest BCUT2D eigenvalue weighted by Gasteiger charge is -2.35. The van der Waals surface area contributed by atoms with Crippen LogP contribution in [0.4, 0.5) is 5.82 Å². The van der Waals surface area contributed by atoms with E-state index in [0.717, 1.165) is 0 Å². The first-order valence-electron chi connectivity index (χ1n) is 6.74. The first kappa shape index (κ1) is 16.3. The molecule has 6 nitrogen and oxygen atoms in total. The van der Waals surface area contributed by atoms with Crippen LogP contribution in [-0.4, -0.2) is 54.0 Å². The van der Waals surface area contributed by atoms with E-state index in [1.165, 1.54) is 11.8 Å². The van der Waals surface area contributed by atoms with Crippen LogP contribution in [0.15, 0.2) is 11.2 Å². The highest BCUT2D eigenvalue weighted by molar-refractivity contribution is 7.98. The summed E-state index contributed by atoms with van der Waals surface area (Å²) in [4.78, 5) is 22.8. The molecule has 1 fully saturated rings. The van der Waals surface area contributed by atoms with Crippen LogP contribution in [0.25, 0.3) is 0 Å². The number of nitrogens with zero attached hydrogens (tertiary/aromatic N) is 3. The number of halogens is 1. The number of carbonyl (C=O) groups excluding carboxylic acids is 1. The SMILES string of the molecule is CSc1nc(Cl)cc(N2CCOCC2C(=O)NC(C)C)n1. The summed E-state index contributed by atoms with van der Waals surface area (Å²) < 4.78 is 5.44. The maximum absolute atomic E-state index is 12.3. The molecule has 2 heterocycles. The van der Waals surface area contributed by atoms with Gasteiger partial charge < -0.3 is 15.0 Å². The van der Waals surface area contributed by atoms with Gasteiger partial charge in [0.1, 0.15) is 17.0 Å². The summed E-state index contributed by atoms with van der Waals surface area (Å²) in [6.07, 6.45) is 1.89. The van der Waals surface area contributed by atoms with E-state index in [4.69, 9.17) is 16.3 Å². The number of thioether (sulfide) groups is 1. The molecule has 8 heteroatoms. The zero-order chi connectivity index (χ0) is 15.4. The maximum atomic E-state index is 12.3. The molecule has 0 saturated carbocycles. The van der Waals surface area contributed by atoms with Gasteiger partial charge in [0.15, 0.2) is 5.16 Å². The monoisotopic (exact) mass is 330 g/mol. The van der Waals surface area contributed by atoms with Gasteiger partial charge in [0.05, 0.1) is 13.2 Å². The fourth-order valence-electron chi connectivity index (χ4n) is 2.10. The lowest BCUT2D eigenvalue weighted by atomic mass is 10.2. The smallest absolute Gasteiger partial charge is 0.245 e. The van der Waals surface area contributed by atoms with E-state index in [9.17, 15) is 4.79 Å². The average Bonchev–Trinajstić information content (AvgIpc) is 2.45. The quantitative estimate of drug-likeness (QED) is 0.513. The van der Waals surface area contributed by atoms with Gasteiger partial charge in [-0.2, -0.15) is 0 Å². The summed E-state index contributed by atoms with van der Waals surface area (Å²) in [5, 5.41) is 3.88. The van der Waals surface area contributed by atoms with E-state index in [2.05, 4.69) is 15.3 Å². The second-order valence-corrected chi connectivity index (χ2v) is 6.14. The third-order valence-electron chi connectivity index (χ3n) is 3.00. The van der Waals surface area contributed by atoms with Gasteiger partial charge in [-0.15, -0.1) is 0 Å². The lowest BCUT2D eigenvalue weighted by Crippen LogP contribution is -2.55. The highest BCUT2D eigenvalue weighted by atomic mass is 35.5. The predicted octanol–water partition coefficient (Wildman–Crippen LogP) is 1.58. The molecule has 116 valence electrons. The van der Waals surface area contributed by atoms with Crippen LogP contribution in [0, 0.1) is 0 Å². The Hall–Kier alpha value is -1.05. The van der Waals surface area contributed by atoms with Gasteiger partial charge in [0.25, 0.3) is 0 Å². The summed E-state index contributed by atoms with van der Waals surface area (Å²) in [7, 11) is 0. The van der Waals surface area contributed by atoms with Crippen LogP contribution in [0.5, 0.6) is 0 Å². The molecule has 0 spiro atoms. The van der Waals surface area contributed by atoms with Crippen molar-refractivity contribution in [2.24, 2.45) is 0 Å². The molecule has 1 aliphatic heterocycles. The molecule has 1 aromatic heterocycles. The Morgan fingerprint density at radius 1 is 1.57 bits per heavy atom. The van der Waals surface area contributed by atoms with Gasteiger partial charge in [-0.3, -0.25) is 4.79 Å². The molecule has 0 bridgehead atoms. The minimum absolute atomic E-state index is 0.0647. The van der Waals surface area contributed by atoms with Crippen LogP contribution in [0.1, 0.15) is 13.8 Å². The normalized spacial score (nSPS) is 18.9. The number of rotatable bonds is 4. The minimum atomic E-state index is -0.401. The van der Waals surface area contributed by atoms with E-state index in [0.29, 0.717) is 35.9 Å². The molecule has 1 N–H and O–H groups in total. The Balaban J connectivity index is 2.26.